The lowest BCUT2D eigenvalue weighted by atomic mass is 9.97. The van der Waals surface area contributed by atoms with Crippen molar-refractivity contribution >= 4 is 29.9 Å². The van der Waals surface area contributed by atoms with E-state index in [0.717, 1.165) is 50.4 Å². The number of hydrogen-bond acceptors (Lipinski definition) is 4. The fraction of sp³-hybridized carbons (Fsp3) is 0.696. The fourth-order valence-corrected chi connectivity index (χ4v) is 4.36. The van der Waals surface area contributed by atoms with Gasteiger partial charge in [-0.3, -0.25) is 9.89 Å². The van der Waals surface area contributed by atoms with Crippen molar-refractivity contribution in [1.29, 1.82) is 0 Å². The summed E-state index contributed by atoms with van der Waals surface area (Å²) < 4.78 is 5.46. The number of halogens is 1. The van der Waals surface area contributed by atoms with Crippen LogP contribution in [0.25, 0.3) is 0 Å². The molecule has 3 rings (SSSR count). The van der Waals surface area contributed by atoms with E-state index in [4.69, 9.17) is 9.73 Å². The molecule has 0 amide bonds. The van der Waals surface area contributed by atoms with Gasteiger partial charge in [0.1, 0.15) is 5.75 Å². The maximum Gasteiger partial charge on any atom is 0.191 e. The Labute approximate surface area is 199 Å². The normalized spacial score (nSPS) is 19.9. The first-order valence-electron chi connectivity index (χ1n) is 11.3. The Morgan fingerprint density at radius 2 is 1.90 bits per heavy atom. The third-order valence-corrected chi connectivity index (χ3v) is 6.22. The molecular weight excluding hydrogens is 489 g/mol. The molecule has 0 spiro atoms. The average molecular weight is 530 g/mol. The summed E-state index contributed by atoms with van der Waals surface area (Å²) >= 11 is 0. The molecule has 0 bridgehead atoms. The van der Waals surface area contributed by atoms with Gasteiger partial charge in [0, 0.05) is 13.1 Å². The highest BCUT2D eigenvalue weighted by Crippen LogP contribution is 2.28. The van der Waals surface area contributed by atoms with Crippen molar-refractivity contribution in [3.05, 3.63) is 29.8 Å². The Bertz CT molecular complexity index is 642. The van der Waals surface area contributed by atoms with Crippen LogP contribution in [0.3, 0.4) is 0 Å². The zero-order valence-electron chi connectivity index (χ0n) is 18.9. The number of methoxy groups -OCH3 is 1. The van der Waals surface area contributed by atoms with Crippen molar-refractivity contribution in [2.24, 2.45) is 10.9 Å². The monoisotopic (exact) mass is 529 g/mol. The minimum absolute atomic E-state index is 0. The van der Waals surface area contributed by atoms with Crippen LogP contribution in [-0.2, 0) is 0 Å². The van der Waals surface area contributed by atoms with Crippen molar-refractivity contribution in [1.82, 2.24) is 20.4 Å². The maximum absolute atomic E-state index is 5.46. The lowest BCUT2D eigenvalue weighted by Gasteiger charge is -2.30. The number of piperidine rings is 1. The van der Waals surface area contributed by atoms with Crippen LogP contribution < -0.4 is 15.4 Å². The van der Waals surface area contributed by atoms with Gasteiger partial charge in [0.2, 0.25) is 0 Å². The van der Waals surface area contributed by atoms with Gasteiger partial charge in [-0.05, 0) is 89.4 Å². The topological polar surface area (TPSA) is 52.1 Å². The lowest BCUT2D eigenvalue weighted by Crippen LogP contribution is -2.42. The second-order valence-electron chi connectivity index (χ2n) is 8.38. The average Bonchev–Trinajstić information content (AvgIpc) is 3.28. The van der Waals surface area contributed by atoms with Crippen LogP contribution in [0.5, 0.6) is 5.75 Å². The highest BCUT2D eigenvalue weighted by atomic mass is 127. The van der Waals surface area contributed by atoms with Gasteiger partial charge in [0.05, 0.1) is 19.7 Å². The van der Waals surface area contributed by atoms with Crippen molar-refractivity contribution in [3.8, 4) is 5.75 Å². The number of likely N-dealkylation sites (tertiary alicyclic amines) is 2. The molecule has 7 heteroatoms. The first-order chi connectivity index (χ1) is 14.2. The van der Waals surface area contributed by atoms with Gasteiger partial charge in [-0.1, -0.05) is 12.1 Å². The first-order valence-corrected chi connectivity index (χ1v) is 11.3. The minimum atomic E-state index is 0. The summed E-state index contributed by atoms with van der Waals surface area (Å²) in [6.07, 6.45) is 5.09. The molecule has 170 valence electrons. The third-order valence-electron chi connectivity index (χ3n) is 6.22. The molecule has 2 saturated heterocycles. The zero-order valence-corrected chi connectivity index (χ0v) is 21.2. The van der Waals surface area contributed by atoms with E-state index in [9.17, 15) is 0 Å². The number of rotatable bonds is 8. The summed E-state index contributed by atoms with van der Waals surface area (Å²) in [6, 6.07) is 8.77. The smallest absolute Gasteiger partial charge is 0.191 e. The lowest BCUT2D eigenvalue weighted by molar-refractivity contribution is 0.220. The van der Waals surface area contributed by atoms with E-state index in [1.165, 1.54) is 44.3 Å². The molecule has 0 radical (unpaired) electrons. The molecule has 0 aliphatic carbocycles. The van der Waals surface area contributed by atoms with E-state index < -0.39 is 0 Å². The Morgan fingerprint density at radius 3 is 2.57 bits per heavy atom. The number of nitrogens with zero attached hydrogens (tertiary/aromatic N) is 3. The third kappa shape index (κ3) is 7.57. The number of hydrogen-bond donors (Lipinski definition) is 2. The maximum atomic E-state index is 5.46. The Morgan fingerprint density at radius 1 is 1.17 bits per heavy atom. The largest absolute Gasteiger partial charge is 0.497 e. The molecule has 2 heterocycles. The highest BCUT2D eigenvalue weighted by molar-refractivity contribution is 14.0. The number of aliphatic imine (C=N–C) groups is 1. The van der Waals surface area contributed by atoms with E-state index in [1.807, 2.05) is 6.07 Å². The van der Waals surface area contributed by atoms with Crippen molar-refractivity contribution in [2.75, 3.05) is 60.0 Å². The summed E-state index contributed by atoms with van der Waals surface area (Å²) in [5.41, 5.74) is 1.29. The van der Waals surface area contributed by atoms with Crippen LogP contribution >= 0.6 is 24.0 Å². The predicted molar refractivity (Wildman–Crippen MR) is 136 cm³/mol. The Hall–Kier alpha value is -1.06. The van der Waals surface area contributed by atoms with E-state index in [2.05, 4.69) is 52.6 Å². The number of benzene rings is 1. The second-order valence-corrected chi connectivity index (χ2v) is 8.38. The van der Waals surface area contributed by atoms with Crippen LogP contribution in [0.15, 0.2) is 29.3 Å². The molecule has 2 aliphatic heterocycles. The Kier molecular flexibility index (Phi) is 11.2. The Balaban J connectivity index is 0.00000320. The van der Waals surface area contributed by atoms with Crippen LogP contribution in [-0.4, -0.2) is 75.7 Å². The molecule has 2 fully saturated rings. The summed E-state index contributed by atoms with van der Waals surface area (Å²) in [6.45, 7) is 9.48. The molecular formula is C23H40IN5O. The number of ether oxygens (including phenoxy) is 1. The number of nitrogens with one attached hydrogen (secondary N) is 2. The van der Waals surface area contributed by atoms with E-state index >= 15 is 0 Å². The van der Waals surface area contributed by atoms with Gasteiger partial charge in [0.25, 0.3) is 0 Å². The highest BCUT2D eigenvalue weighted by Gasteiger charge is 2.24. The molecule has 1 unspecified atom stereocenters. The van der Waals surface area contributed by atoms with E-state index in [-0.39, 0.29) is 24.0 Å². The number of guanidine groups is 1. The minimum Gasteiger partial charge on any atom is -0.497 e. The second kappa shape index (κ2) is 13.4. The van der Waals surface area contributed by atoms with Crippen LogP contribution in [0.2, 0.25) is 0 Å². The van der Waals surface area contributed by atoms with Gasteiger partial charge in [0.15, 0.2) is 5.96 Å². The van der Waals surface area contributed by atoms with Crippen molar-refractivity contribution in [2.45, 2.75) is 38.6 Å². The van der Waals surface area contributed by atoms with Gasteiger partial charge < -0.3 is 20.3 Å². The molecule has 0 saturated carbocycles. The summed E-state index contributed by atoms with van der Waals surface area (Å²) in [5, 5.41) is 7.04. The fourth-order valence-electron chi connectivity index (χ4n) is 4.36. The molecule has 0 aromatic heterocycles. The van der Waals surface area contributed by atoms with Crippen LogP contribution in [0, 0.1) is 5.92 Å². The van der Waals surface area contributed by atoms with E-state index in [1.54, 1.807) is 7.11 Å². The standard InChI is InChI=1S/C23H39N5O.HI/c1-4-24-23(25-17-19-10-14-27(2)15-11-19)26-18-22(28-12-5-6-13-28)20-8-7-9-21(16-20)29-3;/h7-9,16,19,22H,4-6,10-15,17-18H2,1-3H3,(H2,24,25,26);1H. The van der Waals surface area contributed by atoms with Gasteiger partial charge >= 0.3 is 0 Å². The van der Waals surface area contributed by atoms with Gasteiger partial charge in [-0.25, -0.2) is 0 Å². The molecule has 2 N–H and O–H groups in total. The van der Waals surface area contributed by atoms with Crippen molar-refractivity contribution < 1.29 is 4.74 Å². The quantitative estimate of drug-likeness (QED) is 0.308. The molecule has 30 heavy (non-hydrogen) atoms. The summed E-state index contributed by atoms with van der Waals surface area (Å²) in [4.78, 5) is 9.98. The molecule has 6 nitrogen and oxygen atoms in total. The van der Waals surface area contributed by atoms with Crippen LogP contribution in [0.1, 0.15) is 44.2 Å². The predicted octanol–water partition coefficient (Wildman–Crippen LogP) is 3.35. The van der Waals surface area contributed by atoms with Gasteiger partial charge in [-0.2, -0.15) is 0 Å². The first kappa shape index (κ1) is 25.2. The summed E-state index contributed by atoms with van der Waals surface area (Å²) in [7, 11) is 3.95. The van der Waals surface area contributed by atoms with Crippen molar-refractivity contribution in [3.63, 3.8) is 0 Å². The molecule has 2 aliphatic rings. The summed E-state index contributed by atoms with van der Waals surface area (Å²) in [5.74, 6) is 2.60. The van der Waals surface area contributed by atoms with Crippen LogP contribution in [0.4, 0.5) is 0 Å². The van der Waals surface area contributed by atoms with Gasteiger partial charge in [-0.15, -0.1) is 24.0 Å². The zero-order chi connectivity index (χ0) is 20.5. The molecule has 1 aromatic rings. The molecule has 1 atom stereocenters. The SMILES string of the molecule is CCNC(=NCC(c1cccc(OC)c1)N1CCCC1)NCC1CCN(C)CC1.I. The van der Waals surface area contributed by atoms with E-state index in [0.29, 0.717) is 6.04 Å². The molecule has 1 aromatic carbocycles.